The largest absolute Gasteiger partial charge is 0.506 e. The van der Waals surface area contributed by atoms with Gasteiger partial charge in [-0.15, -0.1) is 0 Å². The van der Waals surface area contributed by atoms with Crippen LogP contribution in [0.3, 0.4) is 0 Å². The Morgan fingerprint density at radius 3 is 1.71 bits per heavy atom. The highest BCUT2D eigenvalue weighted by Crippen LogP contribution is 2.20. The number of aliphatic hydroxyl groups excluding tert-OH is 1. The van der Waals surface area contributed by atoms with Gasteiger partial charge < -0.3 is 14.9 Å². The molecule has 2 saturated carbocycles. The third kappa shape index (κ3) is 7.21. The average Bonchev–Trinajstić information content (AvgIpc) is 2.31. The summed E-state index contributed by atoms with van der Waals surface area (Å²) >= 11 is 0. The first kappa shape index (κ1) is 14.3. The summed E-state index contributed by atoms with van der Waals surface area (Å²) in [7, 11) is 0. The van der Waals surface area contributed by atoms with E-state index in [0.29, 0.717) is 0 Å². The van der Waals surface area contributed by atoms with E-state index in [0.717, 1.165) is 38.5 Å². The summed E-state index contributed by atoms with van der Waals surface area (Å²) in [6.45, 7) is 0. The van der Waals surface area contributed by atoms with Gasteiger partial charge in [0.2, 0.25) is 0 Å². The summed E-state index contributed by atoms with van der Waals surface area (Å²) in [6, 6.07) is 0. The molecule has 4 heteroatoms. The van der Waals surface area contributed by atoms with Crippen LogP contribution >= 0.6 is 0 Å². The maximum atomic E-state index is 10.0. The van der Waals surface area contributed by atoms with Crippen LogP contribution in [0.4, 0.5) is 4.79 Å². The van der Waals surface area contributed by atoms with E-state index >= 15 is 0 Å². The lowest BCUT2D eigenvalue weighted by atomic mass is 9.98. The summed E-state index contributed by atoms with van der Waals surface area (Å²) in [4.78, 5) is 10.0. The predicted octanol–water partition coefficient (Wildman–Crippen LogP) is 3.33. The number of hydrogen-bond donors (Lipinski definition) is 2. The van der Waals surface area contributed by atoms with Gasteiger partial charge in [0.05, 0.1) is 6.10 Å². The third-order valence-electron chi connectivity index (χ3n) is 3.39. The molecular weight excluding hydrogens is 220 g/mol. The van der Waals surface area contributed by atoms with Crippen molar-refractivity contribution in [2.45, 2.75) is 76.4 Å². The SMILES string of the molecule is O=C(O)OC1CCCCC1.OC1CCCCC1. The molecule has 2 N–H and O–H groups in total. The molecule has 2 rings (SSSR count). The van der Waals surface area contributed by atoms with Crippen LogP contribution < -0.4 is 0 Å². The van der Waals surface area contributed by atoms with Gasteiger partial charge in [0.15, 0.2) is 0 Å². The van der Waals surface area contributed by atoms with E-state index in [-0.39, 0.29) is 12.2 Å². The normalized spacial score (nSPS) is 22.4. The molecule has 0 radical (unpaired) electrons. The Balaban J connectivity index is 0.000000181. The zero-order valence-electron chi connectivity index (χ0n) is 10.4. The molecule has 0 unspecified atom stereocenters. The Labute approximate surface area is 103 Å². The fourth-order valence-corrected chi connectivity index (χ4v) is 2.41. The van der Waals surface area contributed by atoms with Crippen molar-refractivity contribution >= 4 is 6.16 Å². The first-order valence-corrected chi connectivity index (χ1v) is 6.76. The summed E-state index contributed by atoms with van der Waals surface area (Å²) < 4.78 is 4.61. The maximum Gasteiger partial charge on any atom is 0.506 e. The summed E-state index contributed by atoms with van der Waals surface area (Å²) in [5.41, 5.74) is 0. The molecule has 0 aromatic carbocycles. The van der Waals surface area contributed by atoms with Crippen molar-refractivity contribution in [3.8, 4) is 0 Å². The Morgan fingerprint density at radius 1 is 0.882 bits per heavy atom. The first-order valence-electron chi connectivity index (χ1n) is 6.76. The van der Waals surface area contributed by atoms with Crippen LogP contribution in [0.15, 0.2) is 0 Å². The number of rotatable bonds is 1. The molecule has 0 atom stereocenters. The van der Waals surface area contributed by atoms with E-state index in [2.05, 4.69) is 4.74 Å². The monoisotopic (exact) mass is 244 g/mol. The van der Waals surface area contributed by atoms with Gasteiger partial charge in [0.25, 0.3) is 0 Å². The van der Waals surface area contributed by atoms with Gasteiger partial charge in [-0.05, 0) is 38.5 Å². The van der Waals surface area contributed by atoms with Crippen molar-refractivity contribution in [2.75, 3.05) is 0 Å². The van der Waals surface area contributed by atoms with E-state index < -0.39 is 6.16 Å². The molecule has 0 aromatic heterocycles. The molecule has 0 amide bonds. The van der Waals surface area contributed by atoms with Crippen LogP contribution in [0.1, 0.15) is 64.2 Å². The molecule has 100 valence electrons. The van der Waals surface area contributed by atoms with Gasteiger partial charge in [-0.2, -0.15) is 0 Å². The van der Waals surface area contributed by atoms with Crippen LogP contribution in [0.2, 0.25) is 0 Å². The number of carbonyl (C=O) groups is 1. The second-order valence-electron chi connectivity index (χ2n) is 4.94. The summed E-state index contributed by atoms with van der Waals surface area (Å²) in [5.74, 6) is 0. The molecule has 4 nitrogen and oxygen atoms in total. The molecule has 2 fully saturated rings. The van der Waals surface area contributed by atoms with Crippen molar-refractivity contribution in [3.63, 3.8) is 0 Å². The molecule has 0 aliphatic heterocycles. The van der Waals surface area contributed by atoms with Crippen molar-refractivity contribution in [2.24, 2.45) is 0 Å². The fourth-order valence-electron chi connectivity index (χ4n) is 2.41. The molecular formula is C13H24O4. The second-order valence-corrected chi connectivity index (χ2v) is 4.94. The van der Waals surface area contributed by atoms with Crippen LogP contribution in [0.25, 0.3) is 0 Å². The van der Waals surface area contributed by atoms with E-state index in [1.807, 2.05) is 0 Å². The quantitative estimate of drug-likeness (QED) is 0.694. The van der Waals surface area contributed by atoms with E-state index in [1.165, 1.54) is 25.7 Å². The van der Waals surface area contributed by atoms with Gasteiger partial charge >= 0.3 is 6.16 Å². The van der Waals surface area contributed by atoms with E-state index in [1.54, 1.807) is 0 Å². The molecule has 2 aliphatic rings. The number of aliphatic hydroxyl groups is 1. The minimum absolute atomic E-state index is 0.0220. The Bertz CT molecular complexity index is 205. The lowest BCUT2D eigenvalue weighted by Crippen LogP contribution is -2.19. The van der Waals surface area contributed by atoms with Gasteiger partial charge in [-0.1, -0.05) is 25.7 Å². The summed E-state index contributed by atoms with van der Waals surface area (Å²) in [5, 5.41) is 17.2. The van der Waals surface area contributed by atoms with Crippen molar-refractivity contribution in [3.05, 3.63) is 0 Å². The van der Waals surface area contributed by atoms with Crippen molar-refractivity contribution in [1.82, 2.24) is 0 Å². The second kappa shape index (κ2) is 8.34. The maximum absolute atomic E-state index is 10.0. The molecule has 0 saturated heterocycles. The zero-order valence-corrected chi connectivity index (χ0v) is 10.4. The number of carboxylic acid groups (broad SMARTS) is 1. The highest BCUT2D eigenvalue weighted by Gasteiger charge is 2.16. The smallest absolute Gasteiger partial charge is 0.450 e. The lowest BCUT2D eigenvalue weighted by Gasteiger charge is -2.19. The minimum Gasteiger partial charge on any atom is -0.450 e. The molecule has 2 aliphatic carbocycles. The van der Waals surface area contributed by atoms with Gasteiger partial charge in [0.1, 0.15) is 6.10 Å². The van der Waals surface area contributed by atoms with Gasteiger partial charge in [0, 0.05) is 0 Å². The highest BCUT2D eigenvalue weighted by molar-refractivity contribution is 5.57. The highest BCUT2D eigenvalue weighted by atomic mass is 16.7. The first-order chi connectivity index (χ1) is 8.18. The van der Waals surface area contributed by atoms with Crippen LogP contribution in [0.5, 0.6) is 0 Å². The lowest BCUT2D eigenvalue weighted by molar-refractivity contribution is 0.0358. The Hall–Kier alpha value is -0.770. The van der Waals surface area contributed by atoms with Crippen molar-refractivity contribution < 1.29 is 19.7 Å². The standard InChI is InChI=1S/C7H12O3.C6H12O/c8-7(9)10-6-4-2-1-3-5-6;7-6-4-2-1-3-5-6/h6H,1-5H2,(H,8,9);6-7H,1-5H2. The van der Waals surface area contributed by atoms with Gasteiger partial charge in [-0.25, -0.2) is 4.79 Å². The summed E-state index contributed by atoms with van der Waals surface area (Å²) in [6.07, 6.45) is 10.0. The van der Waals surface area contributed by atoms with Crippen LogP contribution in [-0.2, 0) is 4.74 Å². The molecule has 0 aromatic rings. The zero-order chi connectivity index (χ0) is 12.5. The minimum atomic E-state index is -1.13. The average molecular weight is 244 g/mol. The number of hydrogen-bond acceptors (Lipinski definition) is 3. The third-order valence-corrected chi connectivity index (χ3v) is 3.39. The predicted molar refractivity (Wildman–Crippen MR) is 65.1 cm³/mol. The van der Waals surface area contributed by atoms with E-state index in [4.69, 9.17) is 10.2 Å². The van der Waals surface area contributed by atoms with Crippen LogP contribution in [-0.4, -0.2) is 28.6 Å². The topological polar surface area (TPSA) is 66.8 Å². The molecule has 17 heavy (non-hydrogen) atoms. The fraction of sp³-hybridized carbons (Fsp3) is 0.923. The Morgan fingerprint density at radius 2 is 1.35 bits per heavy atom. The van der Waals surface area contributed by atoms with E-state index in [9.17, 15) is 4.79 Å². The molecule has 0 heterocycles. The van der Waals surface area contributed by atoms with Crippen LogP contribution in [0, 0.1) is 0 Å². The number of ether oxygens (including phenoxy) is 1. The molecule has 0 spiro atoms. The van der Waals surface area contributed by atoms with Crippen molar-refractivity contribution in [1.29, 1.82) is 0 Å². The van der Waals surface area contributed by atoms with Gasteiger partial charge in [-0.3, -0.25) is 0 Å². The Kier molecular flexibility index (Phi) is 7.01. The molecule has 0 bridgehead atoms.